The molecule has 1 aliphatic rings. The number of aromatic hydroxyl groups is 1. The van der Waals surface area contributed by atoms with E-state index in [9.17, 15) is 15.0 Å². The number of phenolic OH excluding ortho intramolecular Hbond substituents is 1. The third kappa shape index (κ3) is 4.17. The van der Waals surface area contributed by atoms with Gasteiger partial charge in [-0.15, -0.1) is 0 Å². The molecule has 8 nitrogen and oxygen atoms in total. The van der Waals surface area contributed by atoms with Crippen molar-refractivity contribution in [2.75, 3.05) is 21.0 Å². The van der Waals surface area contributed by atoms with Crippen LogP contribution in [0.5, 0.6) is 28.7 Å². The van der Waals surface area contributed by atoms with Crippen LogP contribution in [0, 0.1) is 5.92 Å². The lowest BCUT2D eigenvalue weighted by atomic mass is 9.92. The summed E-state index contributed by atoms with van der Waals surface area (Å²) in [5.74, 6) is 0.235. The summed E-state index contributed by atoms with van der Waals surface area (Å²) in [6.07, 6.45) is -1.63. The fourth-order valence-electron chi connectivity index (χ4n) is 3.07. The van der Waals surface area contributed by atoms with E-state index in [-0.39, 0.29) is 29.6 Å². The highest BCUT2D eigenvalue weighted by Crippen LogP contribution is 2.42. The molecule has 0 amide bonds. The van der Waals surface area contributed by atoms with Crippen LogP contribution in [0.3, 0.4) is 0 Å². The zero-order valence-electron chi connectivity index (χ0n) is 16.7. The lowest BCUT2D eigenvalue weighted by molar-refractivity contribution is -0.0103. The molecule has 3 rings (SSSR count). The normalized spacial score (nSPS) is 15.3. The van der Waals surface area contributed by atoms with E-state index in [1.807, 2.05) is 0 Å². The monoisotopic (exact) mass is 404 g/mol. The molecule has 0 aromatic heterocycles. The van der Waals surface area contributed by atoms with Crippen molar-refractivity contribution in [3.05, 3.63) is 41.5 Å². The number of fused-ring (bicyclic) bond motifs is 1. The first-order chi connectivity index (χ1) is 13.8. The number of hydrogen-bond acceptors (Lipinski definition) is 8. The van der Waals surface area contributed by atoms with Gasteiger partial charge in [0.2, 0.25) is 12.5 Å². The van der Waals surface area contributed by atoms with Crippen molar-refractivity contribution in [2.45, 2.75) is 26.1 Å². The summed E-state index contributed by atoms with van der Waals surface area (Å²) in [5, 5.41) is 20.4. The second-order valence-electron chi connectivity index (χ2n) is 6.77. The predicted octanol–water partition coefficient (Wildman–Crippen LogP) is 3.05. The Hall–Kier alpha value is -3.13. The van der Waals surface area contributed by atoms with Crippen LogP contribution in [0.2, 0.25) is 0 Å². The number of rotatable bonds is 7. The highest BCUT2D eigenvalue weighted by atomic mass is 16.7. The van der Waals surface area contributed by atoms with E-state index in [1.165, 1.54) is 20.3 Å². The second-order valence-corrected chi connectivity index (χ2v) is 6.77. The molecule has 0 unspecified atom stereocenters. The number of methoxy groups -OCH3 is 2. The lowest BCUT2D eigenvalue weighted by Gasteiger charge is -2.27. The molecule has 0 spiro atoms. The highest BCUT2D eigenvalue weighted by Gasteiger charge is 2.30. The summed E-state index contributed by atoms with van der Waals surface area (Å²) >= 11 is 0. The van der Waals surface area contributed by atoms with Gasteiger partial charge < -0.3 is 33.9 Å². The lowest BCUT2D eigenvalue weighted by Crippen LogP contribution is -2.25. The van der Waals surface area contributed by atoms with Crippen LogP contribution >= 0.6 is 0 Å². The Labute approximate surface area is 168 Å². The Kier molecular flexibility index (Phi) is 6.03. The molecule has 3 atom stereocenters. The summed E-state index contributed by atoms with van der Waals surface area (Å²) in [6.45, 7) is 3.45. The third-order valence-corrected chi connectivity index (χ3v) is 4.89. The van der Waals surface area contributed by atoms with Gasteiger partial charge in [-0.1, -0.05) is 6.92 Å². The van der Waals surface area contributed by atoms with Crippen LogP contribution in [0.25, 0.3) is 0 Å². The van der Waals surface area contributed by atoms with Crippen LogP contribution < -0.4 is 18.9 Å². The first-order valence-electron chi connectivity index (χ1n) is 9.09. The van der Waals surface area contributed by atoms with E-state index in [4.69, 9.17) is 23.7 Å². The molecule has 156 valence electrons. The summed E-state index contributed by atoms with van der Waals surface area (Å²) in [6, 6.07) is 7.79. The van der Waals surface area contributed by atoms with Gasteiger partial charge in [0.15, 0.2) is 23.0 Å². The Bertz CT molecular complexity index is 892. The molecule has 8 heteroatoms. The van der Waals surface area contributed by atoms with Crippen molar-refractivity contribution in [1.82, 2.24) is 0 Å². The molecule has 0 fully saturated rings. The number of esters is 1. The minimum Gasteiger partial charge on any atom is -0.504 e. The maximum atomic E-state index is 12.8. The average Bonchev–Trinajstić information content (AvgIpc) is 3.18. The van der Waals surface area contributed by atoms with Gasteiger partial charge in [-0.2, -0.15) is 0 Å². The number of aliphatic hydroxyl groups excluding tert-OH is 1. The molecule has 2 aromatic carbocycles. The van der Waals surface area contributed by atoms with Crippen molar-refractivity contribution in [3.8, 4) is 28.7 Å². The van der Waals surface area contributed by atoms with Crippen molar-refractivity contribution in [2.24, 2.45) is 5.92 Å². The molecule has 0 saturated heterocycles. The molecule has 2 N–H and O–H groups in total. The third-order valence-electron chi connectivity index (χ3n) is 4.89. The van der Waals surface area contributed by atoms with Crippen molar-refractivity contribution in [1.29, 1.82) is 0 Å². The molecule has 0 bridgehead atoms. The van der Waals surface area contributed by atoms with Gasteiger partial charge in [0.05, 0.1) is 25.9 Å². The standard InChI is InChI=1S/C21H24O8/c1-11(12(2)22)19(14-7-15(23)20(26-4)18(9-14)25-3)29-21(24)13-5-6-16-17(8-13)28-10-27-16/h5-9,11-12,19,22-23H,10H2,1-4H3/t11-,12+,19-/m1/s1. The largest absolute Gasteiger partial charge is 0.504 e. The number of carbonyl (C=O) groups is 1. The van der Waals surface area contributed by atoms with Crippen molar-refractivity contribution >= 4 is 5.97 Å². The minimum atomic E-state index is -0.848. The fraction of sp³-hybridized carbons (Fsp3) is 0.381. The Morgan fingerprint density at radius 3 is 2.45 bits per heavy atom. The van der Waals surface area contributed by atoms with E-state index in [2.05, 4.69) is 0 Å². The van der Waals surface area contributed by atoms with Gasteiger partial charge in [-0.25, -0.2) is 4.79 Å². The van der Waals surface area contributed by atoms with E-state index in [0.717, 1.165) is 0 Å². The number of aliphatic hydroxyl groups is 1. The van der Waals surface area contributed by atoms with Gasteiger partial charge in [0.25, 0.3) is 0 Å². The maximum absolute atomic E-state index is 12.8. The molecule has 1 heterocycles. The van der Waals surface area contributed by atoms with Gasteiger partial charge in [0, 0.05) is 11.5 Å². The molecule has 2 aromatic rings. The molecule has 0 aliphatic carbocycles. The smallest absolute Gasteiger partial charge is 0.338 e. The summed E-state index contributed by atoms with van der Waals surface area (Å²) < 4.78 is 26.7. The van der Waals surface area contributed by atoms with Crippen LogP contribution in [0.1, 0.15) is 35.9 Å². The number of benzene rings is 2. The zero-order valence-corrected chi connectivity index (χ0v) is 16.7. The molecule has 1 aliphatic heterocycles. The summed E-state index contributed by atoms with van der Waals surface area (Å²) in [5.41, 5.74) is 0.740. The van der Waals surface area contributed by atoms with Gasteiger partial charge in [-0.05, 0) is 37.3 Å². The van der Waals surface area contributed by atoms with E-state index >= 15 is 0 Å². The highest BCUT2D eigenvalue weighted by molar-refractivity contribution is 5.90. The summed E-state index contributed by atoms with van der Waals surface area (Å²) in [7, 11) is 2.85. The van der Waals surface area contributed by atoms with E-state index in [0.29, 0.717) is 17.1 Å². The molecular formula is C21H24O8. The van der Waals surface area contributed by atoms with Crippen molar-refractivity contribution < 1.29 is 38.7 Å². The van der Waals surface area contributed by atoms with Crippen LogP contribution in [0.15, 0.2) is 30.3 Å². The number of hydrogen-bond donors (Lipinski definition) is 2. The Morgan fingerprint density at radius 2 is 1.79 bits per heavy atom. The number of ether oxygens (including phenoxy) is 5. The van der Waals surface area contributed by atoms with Crippen LogP contribution in [0.4, 0.5) is 0 Å². The predicted molar refractivity (Wildman–Crippen MR) is 103 cm³/mol. The molecule has 0 radical (unpaired) electrons. The SMILES string of the molecule is COc1cc([C@H](OC(=O)c2ccc3c(c2)OCO3)[C@H](C)[C@H](C)O)cc(O)c1OC. The molecule has 29 heavy (non-hydrogen) atoms. The topological polar surface area (TPSA) is 104 Å². The average molecular weight is 404 g/mol. The molecule has 0 saturated carbocycles. The quantitative estimate of drug-likeness (QED) is 0.679. The molecular weight excluding hydrogens is 380 g/mol. The Balaban J connectivity index is 1.94. The van der Waals surface area contributed by atoms with Gasteiger partial charge >= 0.3 is 5.97 Å². The summed E-state index contributed by atoms with van der Waals surface area (Å²) in [4.78, 5) is 12.8. The Morgan fingerprint density at radius 1 is 1.07 bits per heavy atom. The first-order valence-corrected chi connectivity index (χ1v) is 9.09. The maximum Gasteiger partial charge on any atom is 0.338 e. The number of carbonyl (C=O) groups excluding carboxylic acids is 1. The second kappa shape index (κ2) is 8.48. The minimum absolute atomic E-state index is 0.0977. The van der Waals surface area contributed by atoms with Crippen LogP contribution in [-0.2, 0) is 4.74 Å². The zero-order chi connectivity index (χ0) is 21.1. The van der Waals surface area contributed by atoms with Gasteiger partial charge in [-0.3, -0.25) is 0 Å². The van der Waals surface area contributed by atoms with Crippen molar-refractivity contribution in [3.63, 3.8) is 0 Å². The van der Waals surface area contributed by atoms with E-state index < -0.39 is 24.1 Å². The van der Waals surface area contributed by atoms with Crippen LogP contribution in [-0.4, -0.2) is 43.3 Å². The van der Waals surface area contributed by atoms with E-state index in [1.54, 1.807) is 38.1 Å². The van der Waals surface area contributed by atoms with Gasteiger partial charge in [0.1, 0.15) is 6.10 Å². The fourth-order valence-corrected chi connectivity index (χ4v) is 3.07. The first kappa shape index (κ1) is 20.6. The number of phenols is 1.